The van der Waals surface area contributed by atoms with Gasteiger partial charge in [0.15, 0.2) is 0 Å². The highest BCUT2D eigenvalue weighted by Gasteiger charge is 2.42. The van der Waals surface area contributed by atoms with Gasteiger partial charge in [-0.2, -0.15) is 13.2 Å². The molecule has 0 unspecified atom stereocenters. The molecule has 4 N–H and O–H groups in total. The largest absolute Gasteiger partial charge is 0.620 e. The molecular weight excluding hydrogens is 490 g/mol. The van der Waals surface area contributed by atoms with Crippen LogP contribution in [0.2, 0.25) is 5.02 Å². The molecular formula is C22H22BClF3N3O5. The summed E-state index contributed by atoms with van der Waals surface area (Å²) in [5, 5.41) is 4.71. The molecule has 0 radical (unpaired) electrons. The van der Waals surface area contributed by atoms with Crippen molar-refractivity contribution in [2.24, 2.45) is 5.92 Å². The number of carbonyl (C=O) groups is 3. The predicted molar refractivity (Wildman–Crippen MR) is 123 cm³/mol. The summed E-state index contributed by atoms with van der Waals surface area (Å²) in [6, 6.07) is 7.04. The molecule has 0 aromatic heterocycles. The standard InChI is InChI=1S/C22H22BClF3N3O5/c1-11(2)7-18(23-34-17-6-4-13(28)9-15(17)21(33)35-23)30-19(31)10-29-20(32)14-8-12(24)3-5-16(14)22(25,26)27/h3-6,8-9,11,18H,7,10,28H2,1-2H3,(H,29,32)(H,30,31)/t18-/m0/s1. The first-order valence-corrected chi connectivity index (χ1v) is 10.9. The fourth-order valence-electron chi connectivity index (χ4n) is 3.50. The molecule has 35 heavy (non-hydrogen) atoms. The number of nitrogens with one attached hydrogen (secondary N) is 2. The lowest BCUT2D eigenvalue weighted by molar-refractivity contribution is -0.137. The van der Waals surface area contributed by atoms with E-state index in [1.54, 1.807) is 6.07 Å². The van der Waals surface area contributed by atoms with Crippen LogP contribution in [0, 0.1) is 5.92 Å². The first kappa shape index (κ1) is 26.2. The second-order valence-electron chi connectivity index (χ2n) is 8.32. The number of hydrogen-bond donors (Lipinski definition) is 3. The molecule has 0 saturated carbocycles. The van der Waals surface area contributed by atoms with Crippen LogP contribution in [-0.2, 0) is 15.6 Å². The lowest BCUT2D eigenvalue weighted by Gasteiger charge is -2.29. The van der Waals surface area contributed by atoms with E-state index in [2.05, 4.69) is 10.6 Å². The Bertz CT molecular complexity index is 1150. The average Bonchev–Trinajstić information content (AvgIpc) is 2.76. The summed E-state index contributed by atoms with van der Waals surface area (Å²) in [5.41, 5.74) is 4.28. The van der Waals surface area contributed by atoms with E-state index in [-0.39, 0.29) is 22.3 Å². The molecule has 0 aliphatic carbocycles. The van der Waals surface area contributed by atoms with Crippen molar-refractivity contribution in [3.63, 3.8) is 0 Å². The second-order valence-corrected chi connectivity index (χ2v) is 8.76. The number of rotatable bonds is 7. The Morgan fingerprint density at radius 2 is 1.86 bits per heavy atom. The molecule has 1 heterocycles. The molecule has 2 aromatic carbocycles. The van der Waals surface area contributed by atoms with Crippen LogP contribution in [0.4, 0.5) is 18.9 Å². The molecule has 2 amide bonds. The fourth-order valence-corrected chi connectivity index (χ4v) is 3.68. The molecule has 13 heteroatoms. The van der Waals surface area contributed by atoms with Crippen molar-refractivity contribution in [2.75, 3.05) is 12.3 Å². The first-order valence-electron chi connectivity index (χ1n) is 10.6. The minimum absolute atomic E-state index is 0.0470. The monoisotopic (exact) mass is 511 g/mol. The fraction of sp³-hybridized carbons (Fsp3) is 0.318. The van der Waals surface area contributed by atoms with E-state index in [4.69, 9.17) is 26.6 Å². The van der Waals surface area contributed by atoms with Gasteiger partial charge in [-0.3, -0.25) is 9.59 Å². The summed E-state index contributed by atoms with van der Waals surface area (Å²) >= 11 is 5.74. The SMILES string of the molecule is CC(C)C[C@H](NC(=O)CNC(=O)c1cc(Cl)ccc1C(F)(F)F)B1OC(=O)c2cc(N)ccc2O1. The molecule has 3 rings (SSSR count). The zero-order valence-electron chi connectivity index (χ0n) is 18.7. The summed E-state index contributed by atoms with van der Waals surface area (Å²) in [6.07, 6.45) is -4.44. The Balaban J connectivity index is 1.69. The van der Waals surface area contributed by atoms with Crippen molar-refractivity contribution in [1.29, 1.82) is 0 Å². The number of alkyl halides is 3. The number of anilines is 1. The number of nitrogen functional groups attached to an aromatic ring is 1. The minimum Gasteiger partial charge on any atom is -0.524 e. The highest BCUT2D eigenvalue weighted by molar-refractivity contribution is 6.51. The molecule has 1 aliphatic heterocycles. The van der Waals surface area contributed by atoms with Crippen LogP contribution in [-0.4, -0.2) is 37.4 Å². The van der Waals surface area contributed by atoms with Gasteiger partial charge in [-0.05, 0) is 48.7 Å². The molecule has 0 saturated heterocycles. The third kappa shape index (κ3) is 6.59. The third-order valence-corrected chi connectivity index (χ3v) is 5.27. The molecule has 2 aromatic rings. The van der Waals surface area contributed by atoms with Crippen LogP contribution in [0.1, 0.15) is 46.5 Å². The van der Waals surface area contributed by atoms with Crippen molar-refractivity contribution in [3.8, 4) is 5.75 Å². The number of carbonyl (C=O) groups excluding carboxylic acids is 3. The van der Waals surface area contributed by atoms with Crippen LogP contribution >= 0.6 is 11.6 Å². The second kappa shape index (κ2) is 10.5. The van der Waals surface area contributed by atoms with Gasteiger partial charge >= 0.3 is 19.3 Å². The highest BCUT2D eigenvalue weighted by atomic mass is 35.5. The quantitative estimate of drug-likeness (QED) is 0.387. The smallest absolute Gasteiger partial charge is 0.524 e. The van der Waals surface area contributed by atoms with Crippen LogP contribution in [0.3, 0.4) is 0 Å². The van der Waals surface area contributed by atoms with Gasteiger partial charge < -0.3 is 25.7 Å². The van der Waals surface area contributed by atoms with Gasteiger partial charge in [0.1, 0.15) is 11.3 Å². The summed E-state index contributed by atoms with van der Waals surface area (Å²) in [5.74, 6) is -3.04. The van der Waals surface area contributed by atoms with Crippen molar-refractivity contribution < 1.29 is 36.9 Å². The van der Waals surface area contributed by atoms with E-state index in [1.165, 1.54) is 12.1 Å². The molecule has 0 bridgehead atoms. The summed E-state index contributed by atoms with van der Waals surface area (Å²) in [7, 11) is -1.16. The molecule has 0 fully saturated rings. The van der Waals surface area contributed by atoms with Crippen LogP contribution in [0.15, 0.2) is 36.4 Å². The number of fused-ring (bicyclic) bond motifs is 1. The van der Waals surface area contributed by atoms with Gasteiger partial charge in [-0.25, -0.2) is 4.79 Å². The number of amides is 2. The lowest BCUT2D eigenvalue weighted by Crippen LogP contribution is -2.55. The van der Waals surface area contributed by atoms with Crippen molar-refractivity contribution in [2.45, 2.75) is 32.4 Å². The first-order chi connectivity index (χ1) is 16.3. The Morgan fingerprint density at radius 1 is 1.14 bits per heavy atom. The summed E-state index contributed by atoms with van der Waals surface area (Å²) in [4.78, 5) is 37.3. The molecule has 1 atom stereocenters. The Labute approximate surface area is 204 Å². The molecule has 186 valence electrons. The van der Waals surface area contributed by atoms with Gasteiger partial charge in [0, 0.05) is 10.7 Å². The number of halogens is 4. The predicted octanol–water partition coefficient (Wildman–Crippen LogP) is 3.48. The summed E-state index contributed by atoms with van der Waals surface area (Å²) < 4.78 is 50.8. The van der Waals surface area contributed by atoms with Gasteiger partial charge in [0.2, 0.25) is 5.91 Å². The van der Waals surface area contributed by atoms with E-state index < -0.39 is 54.7 Å². The van der Waals surface area contributed by atoms with Crippen LogP contribution in [0.5, 0.6) is 5.75 Å². The van der Waals surface area contributed by atoms with E-state index in [1.807, 2.05) is 13.8 Å². The zero-order valence-corrected chi connectivity index (χ0v) is 19.5. The van der Waals surface area contributed by atoms with Crippen molar-refractivity contribution in [1.82, 2.24) is 10.6 Å². The van der Waals surface area contributed by atoms with Crippen LogP contribution < -0.4 is 21.0 Å². The highest BCUT2D eigenvalue weighted by Crippen LogP contribution is 2.33. The number of nitrogens with two attached hydrogens (primary N) is 1. The minimum atomic E-state index is -4.79. The van der Waals surface area contributed by atoms with Crippen LogP contribution in [0.25, 0.3) is 0 Å². The third-order valence-electron chi connectivity index (χ3n) is 5.03. The van der Waals surface area contributed by atoms with Crippen molar-refractivity contribution >= 4 is 42.2 Å². The van der Waals surface area contributed by atoms with E-state index in [9.17, 15) is 27.6 Å². The number of benzene rings is 2. The maximum atomic E-state index is 13.2. The zero-order chi connectivity index (χ0) is 25.9. The van der Waals surface area contributed by atoms with E-state index in [0.29, 0.717) is 18.2 Å². The molecule has 0 spiro atoms. The van der Waals surface area contributed by atoms with Gasteiger partial charge in [0.25, 0.3) is 5.91 Å². The Morgan fingerprint density at radius 3 is 2.51 bits per heavy atom. The number of hydrogen-bond acceptors (Lipinski definition) is 6. The average molecular weight is 512 g/mol. The molecule has 1 aliphatic rings. The van der Waals surface area contributed by atoms with Gasteiger partial charge in [0.05, 0.1) is 23.6 Å². The summed E-state index contributed by atoms with van der Waals surface area (Å²) in [6.45, 7) is 3.11. The van der Waals surface area contributed by atoms with E-state index >= 15 is 0 Å². The molecule has 8 nitrogen and oxygen atoms in total. The van der Waals surface area contributed by atoms with Gasteiger partial charge in [-0.15, -0.1) is 0 Å². The van der Waals surface area contributed by atoms with Gasteiger partial charge in [-0.1, -0.05) is 25.4 Å². The lowest BCUT2D eigenvalue weighted by atomic mass is 9.72. The Kier molecular flexibility index (Phi) is 7.84. The van der Waals surface area contributed by atoms with Crippen molar-refractivity contribution in [3.05, 3.63) is 58.1 Å². The maximum Gasteiger partial charge on any atom is 0.620 e. The maximum absolute atomic E-state index is 13.2. The van der Waals surface area contributed by atoms with E-state index in [0.717, 1.165) is 12.1 Å². The Hall–Kier alpha value is -3.41. The normalized spacial score (nSPS) is 14.0. The topological polar surface area (TPSA) is 120 Å².